The second kappa shape index (κ2) is 7.31. The maximum Gasteiger partial charge on any atom is 0.226 e. The van der Waals surface area contributed by atoms with Crippen molar-refractivity contribution >= 4 is 5.91 Å². The van der Waals surface area contributed by atoms with Gasteiger partial charge >= 0.3 is 0 Å². The predicted octanol–water partition coefficient (Wildman–Crippen LogP) is 1.59. The molecule has 1 saturated heterocycles. The molecular formula is C16H24N2O3. The number of nitrogens with zero attached hydrogens (tertiary/aromatic N) is 1. The fourth-order valence-corrected chi connectivity index (χ4v) is 2.49. The van der Waals surface area contributed by atoms with E-state index in [1.165, 1.54) is 0 Å². The van der Waals surface area contributed by atoms with Crippen LogP contribution in [0, 0.1) is 6.92 Å². The Kier molecular flexibility index (Phi) is 5.44. The summed E-state index contributed by atoms with van der Waals surface area (Å²) in [6.07, 6.45) is 1.40. The third kappa shape index (κ3) is 4.11. The summed E-state index contributed by atoms with van der Waals surface area (Å²) in [5.41, 5.74) is 1.11. The van der Waals surface area contributed by atoms with Crippen molar-refractivity contribution in [1.29, 1.82) is 0 Å². The lowest BCUT2D eigenvalue weighted by molar-refractivity contribution is -0.132. The van der Waals surface area contributed by atoms with Crippen LogP contribution in [-0.2, 0) is 4.79 Å². The molecule has 1 N–H and O–H groups in total. The van der Waals surface area contributed by atoms with Gasteiger partial charge < -0.3 is 19.7 Å². The van der Waals surface area contributed by atoms with E-state index in [1.54, 1.807) is 7.11 Å². The van der Waals surface area contributed by atoms with Gasteiger partial charge in [-0.3, -0.25) is 4.79 Å². The van der Waals surface area contributed by atoms with Gasteiger partial charge in [-0.2, -0.15) is 0 Å². The lowest BCUT2D eigenvalue weighted by atomic mass is 10.2. The Bertz CT molecular complexity index is 484. The van der Waals surface area contributed by atoms with E-state index in [-0.39, 0.29) is 5.91 Å². The number of carbonyl (C=O) groups is 1. The Labute approximate surface area is 126 Å². The fraction of sp³-hybridized carbons (Fsp3) is 0.562. The van der Waals surface area contributed by atoms with Crippen LogP contribution >= 0.6 is 0 Å². The van der Waals surface area contributed by atoms with E-state index >= 15 is 0 Å². The molecule has 0 spiro atoms. The van der Waals surface area contributed by atoms with Crippen molar-refractivity contribution in [3.63, 3.8) is 0 Å². The summed E-state index contributed by atoms with van der Waals surface area (Å²) in [6.45, 7) is 4.23. The molecule has 1 unspecified atom stereocenters. The molecule has 5 nitrogen and oxygen atoms in total. The molecule has 116 valence electrons. The van der Waals surface area contributed by atoms with Crippen LogP contribution in [0.3, 0.4) is 0 Å². The van der Waals surface area contributed by atoms with Crippen LogP contribution in [0.5, 0.6) is 11.5 Å². The quantitative estimate of drug-likeness (QED) is 0.865. The molecule has 1 heterocycles. The molecule has 1 atom stereocenters. The SMILES string of the molecule is COc1cc(C)ccc1OCCC(=O)N(C)C1CCNC1. The van der Waals surface area contributed by atoms with Crippen molar-refractivity contribution in [3.05, 3.63) is 23.8 Å². The van der Waals surface area contributed by atoms with Gasteiger partial charge in [0.15, 0.2) is 11.5 Å². The van der Waals surface area contributed by atoms with Gasteiger partial charge in [-0.1, -0.05) is 6.07 Å². The first-order valence-electron chi connectivity index (χ1n) is 7.35. The van der Waals surface area contributed by atoms with Gasteiger partial charge in [0, 0.05) is 19.6 Å². The molecule has 1 aliphatic heterocycles. The number of ether oxygens (including phenoxy) is 2. The van der Waals surface area contributed by atoms with Crippen LogP contribution in [0.2, 0.25) is 0 Å². The Morgan fingerprint density at radius 3 is 2.90 bits per heavy atom. The molecular weight excluding hydrogens is 268 g/mol. The van der Waals surface area contributed by atoms with Crippen molar-refractivity contribution < 1.29 is 14.3 Å². The zero-order valence-corrected chi connectivity index (χ0v) is 13.0. The summed E-state index contributed by atoms with van der Waals surface area (Å²) in [4.78, 5) is 13.9. The highest BCUT2D eigenvalue weighted by molar-refractivity contribution is 5.76. The molecule has 1 amide bonds. The summed E-state index contributed by atoms with van der Waals surface area (Å²) < 4.78 is 11.0. The smallest absolute Gasteiger partial charge is 0.226 e. The number of hydrogen-bond donors (Lipinski definition) is 1. The minimum atomic E-state index is 0.120. The minimum Gasteiger partial charge on any atom is -0.493 e. The number of benzene rings is 1. The normalized spacial score (nSPS) is 17.6. The van der Waals surface area contributed by atoms with Crippen LogP contribution in [0.15, 0.2) is 18.2 Å². The Morgan fingerprint density at radius 1 is 1.43 bits per heavy atom. The Hall–Kier alpha value is -1.75. The summed E-state index contributed by atoms with van der Waals surface area (Å²) in [7, 11) is 3.49. The average Bonchev–Trinajstić information content (AvgIpc) is 3.01. The van der Waals surface area contributed by atoms with Crippen molar-refractivity contribution in [3.8, 4) is 11.5 Å². The van der Waals surface area contributed by atoms with Gasteiger partial charge in [-0.15, -0.1) is 0 Å². The second-order valence-corrected chi connectivity index (χ2v) is 5.40. The zero-order chi connectivity index (χ0) is 15.2. The number of hydrogen-bond acceptors (Lipinski definition) is 4. The molecule has 0 aromatic heterocycles. The Balaban J connectivity index is 1.82. The van der Waals surface area contributed by atoms with Crippen molar-refractivity contribution in [2.45, 2.75) is 25.8 Å². The average molecular weight is 292 g/mol. The van der Waals surface area contributed by atoms with Crippen LogP contribution in [-0.4, -0.2) is 50.7 Å². The highest BCUT2D eigenvalue weighted by atomic mass is 16.5. The third-order valence-electron chi connectivity index (χ3n) is 3.87. The molecule has 0 bridgehead atoms. The first-order chi connectivity index (χ1) is 10.1. The highest BCUT2D eigenvalue weighted by Gasteiger charge is 2.22. The van der Waals surface area contributed by atoms with E-state index in [0.717, 1.165) is 25.1 Å². The molecule has 0 radical (unpaired) electrons. The number of aryl methyl sites for hydroxylation is 1. The lowest BCUT2D eigenvalue weighted by Crippen LogP contribution is -2.38. The molecule has 1 aliphatic rings. The van der Waals surface area contributed by atoms with Crippen LogP contribution < -0.4 is 14.8 Å². The van der Waals surface area contributed by atoms with Crippen molar-refractivity contribution in [1.82, 2.24) is 10.2 Å². The van der Waals surface area contributed by atoms with Gasteiger partial charge in [0.1, 0.15) is 0 Å². The molecule has 1 aromatic carbocycles. The monoisotopic (exact) mass is 292 g/mol. The largest absolute Gasteiger partial charge is 0.493 e. The lowest BCUT2D eigenvalue weighted by Gasteiger charge is -2.23. The van der Waals surface area contributed by atoms with Crippen LogP contribution in [0.4, 0.5) is 0 Å². The first-order valence-corrected chi connectivity index (χ1v) is 7.35. The minimum absolute atomic E-state index is 0.120. The second-order valence-electron chi connectivity index (χ2n) is 5.40. The van der Waals surface area contributed by atoms with Gasteiger partial charge in [0.25, 0.3) is 0 Å². The summed E-state index contributed by atoms with van der Waals surface area (Å²) in [6, 6.07) is 6.08. The van der Waals surface area contributed by atoms with Crippen molar-refractivity contribution in [2.24, 2.45) is 0 Å². The van der Waals surface area contributed by atoms with E-state index in [4.69, 9.17) is 9.47 Å². The molecule has 21 heavy (non-hydrogen) atoms. The van der Waals surface area contributed by atoms with E-state index < -0.39 is 0 Å². The predicted molar refractivity (Wildman–Crippen MR) is 81.9 cm³/mol. The van der Waals surface area contributed by atoms with Gasteiger partial charge in [-0.25, -0.2) is 0 Å². The van der Waals surface area contributed by atoms with Crippen LogP contribution in [0.1, 0.15) is 18.4 Å². The Morgan fingerprint density at radius 2 is 2.24 bits per heavy atom. The molecule has 1 aromatic rings. The van der Waals surface area contributed by atoms with Crippen LogP contribution in [0.25, 0.3) is 0 Å². The van der Waals surface area contributed by atoms with E-state index in [0.29, 0.717) is 30.6 Å². The molecule has 2 rings (SSSR count). The van der Waals surface area contributed by atoms with Gasteiger partial charge in [-0.05, 0) is 37.6 Å². The molecule has 0 aliphatic carbocycles. The fourth-order valence-electron chi connectivity index (χ4n) is 2.49. The number of carbonyl (C=O) groups excluding carboxylic acids is 1. The number of methoxy groups -OCH3 is 1. The first kappa shape index (κ1) is 15.6. The summed E-state index contributed by atoms with van der Waals surface area (Å²) >= 11 is 0. The van der Waals surface area contributed by atoms with Crippen molar-refractivity contribution in [2.75, 3.05) is 33.9 Å². The topological polar surface area (TPSA) is 50.8 Å². The maximum absolute atomic E-state index is 12.1. The summed E-state index contributed by atoms with van der Waals surface area (Å²) in [5, 5.41) is 3.27. The zero-order valence-electron chi connectivity index (χ0n) is 13.0. The standard InChI is InChI=1S/C16H24N2O3/c1-12-4-5-14(15(10-12)20-3)21-9-7-16(19)18(2)13-6-8-17-11-13/h4-5,10,13,17H,6-9,11H2,1-3H3. The molecule has 1 fully saturated rings. The summed E-state index contributed by atoms with van der Waals surface area (Å²) in [5.74, 6) is 1.51. The number of likely N-dealkylation sites (N-methyl/N-ethyl adjacent to an activating group) is 1. The number of rotatable bonds is 6. The third-order valence-corrected chi connectivity index (χ3v) is 3.87. The van der Waals surface area contributed by atoms with E-state index in [9.17, 15) is 4.79 Å². The van der Waals surface area contributed by atoms with E-state index in [1.807, 2.05) is 37.1 Å². The number of nitrogens with one attached hydrogen (secondary N) is 1. The number of amides is 1. The maximum atomic E-state index is 12.1. The van der Waals surface area contributed by atoms with E-state index in [2.05, 4.69) is 5.32 Å². The molecule has 0 saturated carbocycles. The van der Waals surface area contributed by atoms with Gasteiger partial charge in [0.2, 0.25) is 5.91 Å². The molecule has 5 heteroatoms. The van der Waals surface area contributed by atoms with Gasteiger partial charge in [0.05, 0.1) is 20.1 Å². The highest BCUT2D eigenvalue weighted by Crippen LogP contribution is 2.27.